The zero-order valence-corrected chi connectivity index (χ0v) is 20.2. The van der Waals surface area contributed by atoms with Crippen molar-refractivity contribution >= 4 is 48.2 Å². The van der Waals surface area contributed by atoms with Crippen LogP contribution in [0.5, 0.6) is 0 Å². The Hall–Kier alpha value is -3.07. The van der Waals surface area contributed by atoms with Crippen molar-refractivity contribution in [3.8, 4) is 0 Å². The van der Waals surface area contributed by atoms with Gasteiger partial charge in [0.2, 0.25) is 23.6 Å². The lowest BCUT2D eigenvalue weighted by molar-refractivity contribution is -0.144. The molecule has 34 heavy (non-hydrogen) atoms. The second-order valence-electron chi connectivity index (χ2n) is 7.74. The largest absolute Gasteiger partial charge is 0.480 e. The summed E-state index contributed by atoms with van der Waals surface area (Å²) in [5.41, 5.74) is 21.4. The summed E-state index contributed by atoms with van der Waals surface area (Å²) in [6.07, 6.45) is 0.228. The molecular formula is C19H36N8O6S. The zero-order valence-electron chi connectivity index (χ0n) is 19.3. The van der Waals surface area contributed by atoms with E-state index in [-0.39, 0.29) is 31.1 Å². The van der Waals surface area contributed by atoms with E-state index in [0.29, 0.717) is 6.42 Å². The third kappa shape index (κ3) is 11.7. The predicted molar refractivity (Wildman–Crippen MR) is 128 cm³/mol. The Morgan fingerprint density at radius 2 is 1.53 bits per heavy atom. The summed E-state index contributed by atoms with van der Waals surface area (Å²) < 4.78 is 0. The first-order chi connectivity index (χ1) is 15.8. The average molecular weight is 505 g/mol. The van der Waals surface area contributed by atoms with E-state index in [1.807, 2.05) is 0 Å². The number of nitrogens with zero attached hydrogens (tertiary/aromatic N) is 1. The maximum atomic E-state index is 12.9. The quantitative estimate of drug-likeness (QED) is 0.0442. The fourth-order valence-corrected chi connectivity index (χ4v) is 2.92. The number of guanidine groups is 1. The maximum Gasteiger partial charge on any atom is 0.326 e. The van der Waals surface area contributed by atoms with E-state index in [2.05, 4.69) is 33.6 Å². The van der Waals surface area contributed by atoms with Gasteiger partial charge in [-0.3, -0.25) is 24.2 Å². The molecule has 0 aliphatic carbocycles. The topological polar surface area (TPSA) is 258 Å². The molecule has 15 heteroatoms. The molecule has 0 saturated carbocycles. The Labute approximate surface area is 203 Å². The van der Waals surface area contributed by atoms with Crippen molar-refractivity contribution < 1.29 is 29.1 Å². The fraction of sp³-hybridized carbons (Fsp3) is 0.684. The number of hydrogen-bond donors (Lipinski definition) is 9. The van der Waals surface area contributed by atoms with Gasteiger partial charge in [0, 0.05) is 12.3 Å². The van der Waals surface area contributed by atoms with Crippen LogP contribution in [0.2, 0.25) is 0 Å². The molecule has 0 aliphatic rings. The van der Waals surface area contributed by atoms with Crippen LogP contribution in [-0.2, 0) is 24.0 Å². The minimum absolute atomic E-state index is 0.0209. The normalized spacial score (nSPS) is 15.1. The van der Waals surface area contributed by atoms with E-state index in [0.717, 1.165) is 0 Å². The maximum absolute atomic E-state index is 12.9. The number of nitrogens with one attached hydrogen (secondary N) is 3. The van der Waals surface area contributed by atoms with Crippen LogP contribution in [-0.4, -0.2) is 77.1 Å². The highest BCUT2D eigenvalue weighted by molar-refractivity contribution is 7.80. The van der Waals surface area contributed by atoms with Crippen LogP contribution < -0.4 is 38.9 Å². The number of carbonyl (C=O) groups excluding carboxylic acids is 4. The summed E-state index contributed by atoms with van der Waals surface area (Å²) >= 11 is 3.95. The van der Waals surface area contributed by atoms with Gasteiger partial charge in [0.05, 0.1) is 12.5 Å². The van der Waals surface area contributed by atoms with Crippen molar-refractivity contribution in [3.63, 3.8) is 0 Å². The van der Waals surface area contributed by atoms with Crippen LogP contribution in [0.1, 0.15) is 39.5 Å². The van der Waals surface area contributed by atoms with Gasteiger partial charge in [-0.2, -0.15) is 12.6 Å². The number of amides is 4. The molecule has 0 bridgehead atoms. The number of aliphatic imine (C=N–C) groups is 1. The van der Waals surface area contributed by atoms with E-state index in [1.165, 1.54) is 0 Å². The molecule has 194 valence electrons. The van der Waals surface area contributed by atoms with E-state index in [4.69, 9.17) is 22.9 Å². The molecule has 0 spiro atoms. The molecular weight excluding hydrogens is 468 g/mol. The Balaban J connectivity index is 5.60. The van der Waals surface area contributed by atoms with Crippen LogP contribution in [0.25, 0.3) is 0 Å². The number of carboxylic acid groups (broad SMARTS) is 1. The fourth-order valence-electron chi connectivity index (χ4n) is 2.75. The van der Waals surface area contributed by atoms with Crippen molar-refractivity contribution in [3.05, 3.63) is 0 Å². The number of carboxylic acids is 1. The van der Waals surface area contributed by atoms with Gasteiger partial charge >= 0.3 is 5.97 Å². The summed E-state index contributed by atoms with van der Waals surface area (Å²) in [5, 5.41) is 16.5. The van der Waals surface area contributed by atoms with Gasteiger partial charge in [0.15, 0.2) is 5.96 Å². The molecule has 0 aromatic heterocycles. The first-order valence-corrected chi connectivity index (χ1v) is 11.3. The van der Waals surface area contributed by atoms with E-state index in [9.17, 15) is 29.1 Å². The van der Waals surface area contributed by atoms with Crippen molar-refractivity contribution in [2.45, 2.75) is 63.7 Å². The number of nitrogens with two attached hydrogens (primary N) is 4. The van der Waals surface area contributed by atoms with Gasteiger partial charge in [-0.15, -0.1) is 0 Å². The lowest BCUT2D eigenvalue weighted by atomic mass is 9.98. The monoisotopic (exact) mass is 504 g/mol. The molecule has 14 nitrogen and oxygen atoms in total. The Bertz CT molecular complexity index is 761. The summed E-state index contributed by atoms with van der Waals surface area (Å²) in [6, 6.07) is -4.85. The standard InChI is InChI=1S/C19H36N8O6S/c1-3-9(2)14(18(32)33)27-17(31)12(7-13(21)28)26-16(30)11(5-4-6-24-19(22)23)25-15(29)10(20)8-34/h9-12,14,34H,3-8,20H2,1-2H3,(H2,21,28)(H,25,29)(H,26,30)(H,27,31)(H,32,33)(H4,22,23,24). The van der Waals surface area contributed by atoms with Gasteiger partial charge in [-0.1, -0.05) is 20.3 Å². The molecule has 0 saturated heterocycles. The minimum Gasteiger partial charge on any atom is -0.480 e. The van der Waals surface area contributed by atoms with Gasteiger partial charge in [0.25, 0.3) is 0 Å². The molecule has 0 aromatic carbocycles. The van der Waals surface area contributed by atoms with Crippen molar-refractivity contribution in [1.29, 1.82) is 0 Å². The highest BCUT2D eigenvalue weighted by Gasteiger charge is 2.32. The van der Waals surface area contributed by atoms with Crippen LogP contribution >= 0.6 is 12.6 Å². The van der Waals surface area contributed by atoms with Gasteiger partial charge in [0.1, 0.15) is 18.1 Å². The second kappa shape index (κ2) is 15.7. The summed E-state index contributed by atoms with van der Waals surface area (Å²) in [7, 11) is 0. The SMILES string of the molecule is CCC(C)C(NC(=O)C(CC(N)=O)NC(=O)C(CCCN=C(N)N)NC(=O)C(N)CS)C(=O)O. The average Bonchev–Trinajstić information content (AvgIpc) is 2.76. The summed E-state index contributed by atoms with van der Waals surface area (Å²) in [5.74, 6) is -5.08. The van der Waals surface area contributed by atoms with Crippen LogP contribution in [0.4, 0.5) is 0 Å². The molecule has 0 radical (unpaired) electrons. The molecule has 0 fully saturated rings. The van der Waals surface area contributed by atoms with E-state index in [1.54, 1.807) is 13.8 Å². The molecule has 12 N–H and O–H groups in total. The molecule has 5 unspecified atom stereocenters. The highest BCUT2D eigenvalue weighted by Crippen LogP contribution is 2.09. The van der Waals surface area contributed by atoms with Gasteiger partial charge < -0.3 is 44.0 Å². The third-order valence-corrected chi connectivity index (χ3v) is 5.32. The predicted octanol–water partition coefficient (Wildman–Crippen LogP) is -3.24. The van der Waals surface area contributed by atoms with Crippen LogP contribution in [0.3, 0.4) is 0 Å². The zero-order chi connectivity index (χ0) is 26.4. The lowest BCUT2D eigenvalue weighted by Crippen LogP contribution is -2.58. The molecule has 4 amide bonds. The van der Waals surface area contributed by atoms with Crippen molar-refractivity contribution in [2.24, 2.45) is 33.8 Å². The molecule has 0 aliphatic heterocycles. The molecule has 5 atom stereocenters. The molecule has 0 rings (SSSR count). The number of thiol groups is 1. The number of hydrogen-bond acceptors (Lipinski definition) is 8. The first-order valence-electron chi connectivity index (χ1n) is 10.7. The van der Waals surface area contributed by atoms with Crippen molar-refractivity contribution in [1.82, 2.24) is 16.0 Å². The summed E-state index contributed by atoms with van der Waals surface area (Å²) in [6.45, 7) is 3.55. The third-order valence-electron chi connectivity index (χ3n) is 4.93. The van der Waals surface area contributed by atoms with E-state index < -0.39 is 66.1 Å². The second-order valence-corrected chi connectivity index (χ2v) is 8.11. The Morgan fingerprint density at radius 1 is 0.971 bits per heavy atom. The smallest absolute Gasteiger partial charge is 0.326 e. The number of aliphatic carboxylic acids is 1. The van der Waals surface area contributed by atoms with E-state index >= 15 is 0 Å². The number of carbonyl (C=O) groups is 5. The lowest BCUT2D eigenvalue weighted by Gasteiger charge is -2.26. The van der Waals surface area contributed by atoms with Crippen molar-refractivity contribution in [2.75, 3.05) is 12.3 Å². The number of rotatable bonds is 16. The minimum atomic E-state index is -1.47. The van der Waals surface area contributed by atoms with Crippen LogP contribution in [0, 0.1) is 5.92 Å². The van der Waals surface area contributed by atoms with Crippen LogP contribution in [0.15, 0.2) is 4.99 Å². The highest BCUT2D eigenvalue weighted by atomic mass is 32.1. The first kappa shape index (κ1) is 30.9. The Morgan fingerprint density at radius 3 is 2.00 bits per heavy atom. The summed E-state index contributed by atoms with van der Waals surface area (Å²) in [4.78, 5) is 64.7. The van der Waals surface area contributed by atoms with Gasteiger partial charge in [-0.05, 0) is 18.8 Å². The molecule has 0 aromatic rings. The number of primary amides is 1. The molecule has 0 heterocycles. The van der Waals surface area contributed by atoms with Gasteiger partial charge in [-0.25, -0.2) is 4.79 Å². The Kier molecular flexibility index (Phi) is 14.3.